The van der Waals surface area contributed by atoms with Crippen LogP contribution in [0.1, 0.15) is 16.5 Å². The van der Waals surface area contributed by atoms with E-state index in [1.165, 1.54) is 0 Å². The normalized spacial score (nSPS) is 11.7. The minimum absolute atomic E-state index is 0.340. The zero-order valence-corrected chi connectivity index (χ0v) is 12.9. The molecule has 21 heavy (non-hydrogen) atoms. The van der Waals surface area contributed by atoms with Crippen LogP contribution in [0.4, 0.5) is 4.79 Å². The average molecular weight is 322 g/mol. The van der Waals surface area contributed by atoms with Crippen molar-refractivity contribution in [2.24, 2.45) is 0 Å². The fourth-order valence-corrected chi connectivity index (χ4v) is 2.12. The van der Waals surface area contributed by atoms with Gasteiger partial charge in [-0.1, -0.05) is 54.1 Å². The molecule has 0 aliphatic heterocycles. The van der Waals surface area contributed by atoms with Crippen LogP contribution in [0, 0.1) is 0 Å². The summed E-state index contributed by atoms with van der Waals surface area (Å²) in [5, 5.41) is 3.05. The molecule has 0 spiro atoms. The van der Waals surface area contributed by atoms with Crippen LogP contribution in [0.3, 0.4) is 0 Å². The first kappa shape index (κ1) is 15.7. The molecule has 6 heteroatoms. The molecule has 0 saturated carbocycles. The van der Waals surface area contributed by atoms with E-state index < -0.39 is 0 Å². The second kappa shape index (κ2) is 7.93. The summed E-state index contributed by atoms with van der Waals surface area (Å²) in [4.78, 5) is 11.7. The van der Waals surface area contributed by atoms with E-state index in [-0.39, 0.29) is 11.4 Å². The van der Waals surface area contributed by atoms with Gasteiger partial charge < -0.3 is 5.32 Å². The van der Waals surface area contributed by atoms with Crippen LogP contribution in [0.5, 0.6) is 0 Å². The Morgan fingerprint density at radius 3 is 2.43 bits per heavy atom. The molecule has 1 unspecified atom stereocenters. The number of carbonyl (C=O) groups is 1. The zero-order chi connectivity index (χ0) is 15.1. The first-order valence-electron chi connectivity index (χ1n) is 6.42. The van der Waals surface area contributed by atoms with Crippen LogP contribution in [0.15, 0.2) is 54.6 Å². The summed E-state index contributed by atoms with van der Waals surface area (Å²) in [6.45, 7) is 0.507. The summed E-state index contributed by atoms with van der Waals surface area (Å²) in [6.07, 6.45) is 0. The van der Waals surface area contributed by atoms with E-state index in [0.29, 0.717) is 11.6 Å². The molecule has 0 radical (unpaired) electrons. The van der Waals surface area contributed by atoms with E-state index in [1.54, 1.807) is 12.1 Å². The van der Waals surface area contributed by atoms with E-state index in [9.17, 15) is 4.79 Å². The highest BCUT2D eigenvalue weighted by Crippen LogP contribution is 2.15. The average Bonchev–Trinajstić information content (AvgIpc) is 2.50. The van der Waals surface area contributed by atoms with E-state index in [2.05, 4.69) is 28.8 Å². The number of hydrogen-bond acceptors (Lipinski definition) is 3. The largest absolute Gasteiger partial charge is 0.330 e. The molecule has 0 saturated heterocycles. The van der Waals surface area contributed by atoms with Crippen molar-refractivity contribution in [3.8, 4) is 0 Å². The Kier molecular flexibility index (Phi) is 5.92. The molecule has 0 aliphatic carbocycles. The van der Waals surface area contributed by atoms with Crippen molar-refractivity contribution in [1.82, 2.24) is 16.2 Å². The molecule has 4 nitrogen and oxygen atoms in total. The maximum atomic E-state index is 11.7. The fourth-order valence-electron chi connectivity index (χ4n) is 1.71. The summed E-state index contributed by atoms with van der Waals surface area (Å²) in [7, 11) is 0. The number of benzene rings is 2. The molecule has 0 aliphatic rings. The molecule has 0 aromatic heterocycles. The fraction of sp³-hybridized carbons (Fsp3) is 0.133. The molecule has 0 heterocycles. The number of nitrogens with one attached hydrogen (secondary N) is 3. The monoisotopic (exact) mass is 321 g/mol. The molecule has 2 aromatic carbocycles. The van der Waals surface area contributed by atoms with Gasteiger partial charge >= 0.3 is 6.03 Å². The Morgan fingerprint density at radius 2 is 1.76 bits per heavy atom. The SMILES string of the molecule is O=C(NNCc1ccc(Cl)cc1)NC(S)c1ccccc1. The number of thiol groups is 1. The van der Waals surface area contributed by atoms with Gasteiger partial charge in [0.2, 0.25) is 0 Å². The lowest BCUT2D eigenvalue weighted by atomic mass is 10.2. The molecule has 3 N–H and O–H groups in total. The first-order valence-corrected chi connectivity index (χ1v) is 7.31. The maximum Gasteiger partial charge on any atom is 0.330 e. The lowest BCUT2D eigenvalue weighted by Gasteiger charge is -2.14. The van der Waals surface area contributed by atoms with Gasteiger partial charge in [0.25, 0.3) is 0 Å². The third-order valence-corrected chi connectivity index (χ3v) is 3.47. The van der Waals surface area contributed by atoms with Gasteiger partial charge in [-0.15, -0.1) is 12.6 Å². The molecule has 110 valence electrons. The van der Waals surface area contributed by atoms with Crippen LogP contribution in [0.25, 0.3) is 0 Å². The molecule has 0 fully saturated rings. The Hall–Kier alpha value is -1.69. The van der Waals surface area contributed by atoms with Crippen LogP contribution < -0.4 is 16.2 Å². The number of hydrogen-bond donors (Lipinski definition) is 4. The minimum Gasteiger partial charge on any atom is -0.321 e. The van der Waals surface area contributed by atoms with Crippen molar-refractivity contribution < 1.29 is 4.79 Å². The van der Waals surface area contributed by atoms with Gasteiger partial charge in [-0.25, -0.2) is 10.2 Å². The Balaban J connectivity index is 1.73. The van der Waals surface area contributed by atoms with Gasteiger partial charge in [-0.2, -0.15) is 0 Å². The lowest BCUT2D eigenvalue weighted by molar-refractivity contribution is 0.235. The Labute approximate surface area is 134 Å². The van der Waals surface area contributed by atoms with Crippen molar-refractivity contribution in [1.29, 1.82) is 0 Å². The Morgan fingerprint density at radius 1 is 1.10 bits per heavy atom. The zero-order valence-electron chi connectivity index (χ0n) is 11.2. The second-order valence-corrected chi connectivity index (χ2v) is 5.34. The van der Waals surface area contributed by atoms with Gasteiger partial charge in [0.1, 0.15) is 0 Å². The summed E-state index contributed by atoms with van der Waals surface area (Å²) >= 11 is 10.2. The molecular weight excluding hydrogens is 306 g/mol. The molecule has 2 rings (SSSR count). The van der Waals surface area contributed by atoms with Gasteiger partial charge in [-0.05, 0) is 23.3 Å². The van der Waals surface area contributed by atoms with Crippen molar-refractivity contribution in [2.45, 2.75) is 11.9 Å². The van der Waals surface area contributed by atoms with Crippen LogP contribution in [-0.2, 0) is 6.54 Å². The van der Waals surface area contributed by atoms with Gasteiger partial charge in [0, 0.05) is 11.6 Å². The van der Waals surface area contributed by atoms with Crippen molar-refractivity contribution in [2.75, 3.05) is 0 Å². The predicted molar refractivity (Wildman–Crippen MR) is 88.1 cm³/mol. The van der Waals surface area contributed by atoms with Crippen molar-refractivity contribution >= 4 is 30.3 Å². The van der Waals surface area contributed by atoms with Gasteiger partial charge in [0.15, 0.2) is 0 Å². The summed E-state index contributed by atoms with van der Waals surface area (Å²) in [5.74, 6) is 0. The Bertz CT molecular complexity index is 577. The van der Waals surface area contributed by atoms with Crippen molar-refractivity contribution in [3.63, 3.8) is 0 Å². The topological polar surface area (TPSA) is 53.2 Å². The summed E-state index contributed by atoms with van der Waals surface area (Å²) in [5.41, 5.74) is 7.35. The van der Waals surface area contributed by atoms with Crippen LogP contribution >= 0.6 is 24.2 Å². The smallest absolute Gasteiger partial charge is 0.321 e. The predicted octanol–water partition coefficient (Wildman–Crippen LogP) is 3.27. The minimum atomic E-state index is -0.358. The number of amides is 2. The van der Waals surface area contributed by atoms with E-state index in [1.807, 2.05) is 42.5 Å². The molecular formula is C15H16ClN3OS. The van der Waals surface area contributed by atoms with Crippen molar-refractivity contribution in [3.05, 3.63) is 70.7 Å². The highest BCUT2D eigenvalue weighted by molar-refractivity contribution is 7.80. The number of hydrazine groups is 1. The summed E-state index contributed by atoms with van der Waals surface area (Å²) in [6, 6.07) is 16.6. The number of rotatable bonds is 5. The first-order chi connectivity index (χ1) is 10.1. The molecule has 2 aromatic rings. The molecule has 1 atom stereocenters. The third-order valence-electron chi connectivity index (χ3n) is 2.79. The van der Waals surface area contributed by atoms with E-state index >= 15 is 0 Å². The second-order valence-electron chi connectivity index (χ2n) is 4.39. The maximum absolute atomic E-state index is 11.7. The lowest BCUT2D eigenvalue weighted by Crippen LogP contribution is -2.44. The van der Waals surface area contributed by atoms with Crippen LogP contribution in [-0.4, -0.2) is 6.03 Å². The number of carbonyl (C=O) groups excluding carboxylic acids is 1. The highest BCUT2D eigenvalue weighted by Gasteiger charge is 2.08. The highest BCUT2D eigenvalue weighted by atomic mass is 35.5. The molecule has 2 amide bonds. The quantitative estimate of drug-likeness (QED) is 0.388. The number of urea groups is 1. The molecule has 0 bridgehead atoms. The standard InChI is InChI=1S/C15H16ClN3OS/c16-13-8-6-11(7-9-13)10-17-19-15(20)18-14(21)12-4-2-1-3-5-12/h1-9,14,17,21H,10H2,(H2,18,19,20). The van der Waals surface area contributed by atoms with Gasteiger partial charge in [0.05, 0.1) is 5.37 Å². The van der Waals surface area contributed by atoms with E-state index in [0.717, 1.165) is 11.1 Å². The summed E-state index contributed by atoms with van der Waals surface area (Å²) < 4.78 is 0. The number of halogens is 1. The third kappa shape index (κ3) is 5.30. The van der Waals surface area contributed by atoms with E-state index in [4.69, 9.17) is 11.6 Å². The van der Waals surface area contributed by atoms with Crippen LogP contribution in [0.2, 0.25) is 5.02 Å². The van der Waals surface area contributed by atoms with Gasteiger partial charge in [-0.3, -0.25) is 5.43 Å².